The van der Waals surface area contributed by atoms with Gasteiger partial charge in [0.05, 0.1) is 24.9 Å². The van der Waals surface area contributed by atoms with E-state index in [1.165, 1.54) is 20.3 Å². The zero-order valence-corrected chi connectivity index (χ0v) is 9.23. The topological polar surface area (TPSA) is 61.6 Å². The van der Waals surface area contributed by atoms with Gasteiger partial charge in [-0.1, -0.05) is 12.6 Å². The molecule has 5 nitrogen and oxygen atoms in total. The Kier molecular flexibility index (Phi) is 3.88. The van der Waals surface area contributed by atoms with E-state index in [4.69, 9.17) is 9.47 Å². The van der Waals surface area contributed by atoms with E-state index in [1.54, 1.807) is 12.1 Å². The second-order valence-electron chi connectivity index (χ2n) is 3.18. The summed E-state index contributed by atoms with van der Waals surface area (Å²) < 4.78 is 9.81. The maximum atomic E-state index is 10.8. The van der Waals surface area contributed by atoms with Crippen molar-refractivity contribution in [2.75, 3.05) is 14.2 Å². The van der Waals surface area contributed by atoms with Crippen LogP contribution in [0, 0.1) is 10.1 Å². The van der Waals surface area contributed by atoms with Crippen LogP contribution < -0.4 is 4.74 Å². The average Bonchev–Trinajstić information content (AvgIpc) is 2.28. The molecule has 0 unspecified atom stereocenters. The molecule has 0 spiro atoms. The number of rotatable bonds is 5. The molecule has 0 saturated carbocycles. The van der Waals surface area contributed by atoms with Crippen LogP contribution in [0.4, 0.5) is 5.69 Å². The summed E-state index contributed by atoms with van der Waals surface area (Å²) >= 11 is 0. The molecule has 0 amide bonds. The van der Waals surface area contributed by atoms with Crippen molar-refractivity contribution in [3.63, 3.8) is 0 Å². The third kappa shape index (κ3) is 2.73. The molecule has 16 heavy (non-hydrogen) atoms. The van der Waals surface area contributed by atoms with Crippen molar-refractivity contribution < 1.29 is 14.4 Å². The molecule has 1 aromatic carbocycles. The predicted molar refractivity (Wildman–Crippen MR) is 59.5 cm³/mol. The van der Waals surface area contributed by atoms with Crippen LogP contribution in [0.1, 0.15) is 5.56 Å². The summed E-state index contributed by atoms with van der Waals surface area (Å²) in [6.07, 6.45) is 0.446. The van der Waals surface area contributed by atoms with Gasteiger partial charge in [-0.2, -0.15) is 0 Å². The molecule has 0 aliphatic heterocycles. The quantitative estimate of drug-likeness (QED) is 0.436. The monoisotopic (exact) mass is 223 g/mol. The lowest BCUT2D eigenvalue weighted by atomic mass is 10.1. The Balaban J connectivity index is 3.02. The highest BCUT2D eigenvalue weighted by molar-refractivity contribution is 5.49. The van der Waals surface area contributed by atoms with Gasteiger partial charge in [-0.05, 0) is 11.6 Å². The normalized spacial score (nSPS) is 9.62. The molecular weight excluding hydrogens is 210 g/mol. The van der Waals surface area contributed by atoms with Crippen LogP contribution in [0.2, 0.25) is 0 Å². The van der Waals surface area contributed by atoms with Crippen molar-refractivity contribution in [1.29, 1.82) is 0 Å². The lowest BCUT2D eigenvalue weighted by molar-refractivity contribution is -0.385. The fourth-order valence-corrected chi connectivity index (χ4v) is 1.29. The molecule has 0 aromatic heterocycles. The number of nitro benzene ring substituents is 1. The highest BCUT2D eigenvalue weighted by Gasteiger charge is 2.15. The van der Waals surface area contributed by atoms with Crippen LogP contribution in [0.15, 0.2) is 30.5 Å². The third-order valence-electron chi connectivity index (χ3n) is 2.13. The number of allylic oxidation sites excluding steroid dienone is 1. The molecule has 0 aliphatic carbocycles. The molecule has 0 fully saturated rings. The minimum absolute atomic E-state index is 0.0519. The van der Waals surface area contributed by atoms with Crippen LogP contribution in [0.3, 0.4) is 0 Å². The summed E-state index contributed by atoms with van der Waals surface area (Å²) in [5, 5.41) is 10.8. The van der Waals surface area contributed by atoms with Crippen LogP contribution in [0.25, 0.3) is 0 Å². The van der Waals surface area contributed by atoms with Gasteiger partial charge in [0.1, 0.15) is 0 Å². The molecule has 0 heterocycles. The predicted octanol–water partition coefficient (Wildman–Crippen LogP) is 2.31. The highest BCUT2D eigenvalue weighted by atomic mass is 16.6. The van der Waals surface area contributed by atoms with Crippen molar-refractivity contribution in [3.8, 4) is 5.75 Å². The van der Waals surface area contributed by atoms with Gasteiger partial charge in [0.2, 0.25) is 0 Å². The summed E-state index contributed by atoms with van der Waals surface area (Å²) in [7, 11) is 2.91. The summed E-state index contributed by atoms with van der Waals surface area (Å²) in [5.41, 5.74) is 0.711. The lowest BCUT2D eigenvalue weighted by Crippen LogP contribution is -1.97. The average molecular weight is 223 g/mol. The van der Waals surface area contributed by atoms with E-state index >= 15 is 0 Å². The zero-order chi connectivity index (χ0) is 12.1. The highest BCUT2D eigenvalue weighted by Crippen LogP contribution is 2.28. The Morgan fingerprint density at radius 1 is 1.50 bits per heavy atom. The van der Waals surface area contributed by atoms with Crippen molar-refractivity contribution in [2.45, 2.75) is 6.42 Å². The number of methoxy groups -OCH3 is 2. The van der Waals surface area contributed by atoms with Crippen molar-refractivity contribution >= 4 is 5.69 Å². The number of nitrogens with zero attached hydrogens (tertiary/aromatic N) is 1. The maximum absolute atomic E-state index is 10.8. The number of benzene rings is 1. The third-order valence-corrected chi connectivity index (χ3v) is 2.13. The van der Waals surface area contributed by atoms with E-state index < -0.39 is 4.92 Å². The van der Waals surface area contributed by atoms with Gasteiger partial charge in [0.25, 0.3) is 0 Å². The van der Waals surface area contributed by atoms with Crippen molar-refractivity contribution in [3.05, 3.63) is 46.2 Å². The first-order valence-corrected chi connectivity index (χ1v) is 4.61. The smallest absolute Gasteiger partial charge is 0.311 e. The molecule has 86 valence electrons. The van der Waals surface area contributed by atoms with Gasteiger partial charge in [-0.25, -0.2) is 0 Å². The Hall–Kier alpha value is -2.04. The molecule has 1 rings (SSSR count). The molecule has 1 aromatic rings. The van der Waals surface area contributed by atoms with E-state index in [9.17, 15) is 10.1 Å². The molecule has 0 atom stereocenters. The minimum atomic E-state index is -0.474. The van der Waals surface area contributed by atoms with Crippen LogP contribution in [-0.4, -0.2) is 19.1 Å². The Labute approximate surface area is 93.4 Å². The van der Waals surface area contributed by atoms with E-state index in [0.717, 1.165) is 5.56 Å². The van der Waals surface area contributed by atoms with Crippen molar-refractivity contribution in [1.82, 2.24) is 0 Å². The van der Waals surface area contributed by atoms with Crippen LogP contribution in [0.5, 0.6) is 5.75 Å². The first kappa shape index (κ1) is 12.0. The van der Waals surface area contributed by atoms with Crippen LogP contribution >= 0.6 is 0 Å². The van der Waals surface area contributed by atoms with E-state index in [0.29, 0.717) is 12.2 Å². The van der Waals surface area contributed by atoms with Crippen molar-refractivity contribution in [2.24, 2.45) is 0 Å². The molecule has 5 heteroatoms. The van der Waals surface area contributed by atoms with E-state index in [1.807, 2.05) is 0 Å². The minimum Gasteiger partial charge on any atom is -0.501 e. The number of nitro groups is 1. The first-order chi connectivity index (χ1) is 7.58. The Morgan fingerprint density at radius 3 is 2.69 bits per heavy atom. The van der Waals surface area contributed by atoms with E-state index in [-0.39, 0.29) is 11.4 Å². The molecular formula is C11H13NO4. The summed E-state index contributed by atoms with van der Waals surface area (Å²) in [6, 6.07) is 4.77. The van der Waals surface area contributed by atoms with Gasteiger partial charge in [-0.3, -0.25) is 10.1 Å². The lowest BCUT2D eigenvalue weighted by Gasteiger charge is -2.06. The maximum Gasteiger partial charge on any atom is 0.311 e. The Morgan fingerprint density at radius 2 is 2.19 bits per heavy atom. The summed E-state index contributed by atoms with van der Waals surface area (Å²) in [5.74, 6) is 0.802. The largest absolute Gasteiger partial charge is 0.501 e. The molecule has 0 aliphatic rings. The second-order valence-corrected chi connectivity index (χ2v) is 3.18. The molecule has 0 N–H and O–H groups in total. The van der Waals surface area contributed by atoms with Gasteiger partial charge in [0.15, 0.2) is 5.75 Å². The van der Waals surface area contributed by atoms with Gasteiger partial charge >= 0.3 is 5.69 Å². The molecule has 0 radical (unpaired) electrons. The molecule has 0 bridgehead atoms. The second kappa shape index (κ2) is 5.16. The van der Waals surface area contributed by atoms with Crippen LogP contribution in [-0.2, 0) is 11.2 Å². The van der Waals surface area contributed by atoms with E-state index in [2.05, 4.69) is 6.58 Å². The zero-order valence-electron chi connectivity index (χ0n) is 9.23. The standard InChI is InChI=1S/C11H13NO4/c1-8(15-2)6-9-4-5-11(16-3)10(7-9)12(13)14/h4-5,7H,1,6H2,2-3H3. The van der Waals surface area contributed by atoms with Gasteiger partial charge < -0.3 is 9.47 Å². The van der Waals surface area contributed by atoms with Gasteiger partial charge in [-0.15, -0.1) is 0 Å². The Bertz CT molecular complexity index is 414. The first-order valence-electron chi connectivity index (χ1n) is 4.61. The summed E-state index contributed by atoms with van der Waals surface area (Å²) in [6.45, 7) is 3.66. The number of hydrogen-bond acceptors (Lipinski definition) is 4. The fraction of sp³-hybridized carbons (Fsp3) is 0.273. The SMILES string of the molecule is C=C(Cc1ccc(OC)c([N+](=O)[O-])c1)OC. The number of ether oxygens (including phenoxy) is 2. The van der Waals surface area contributed by atoms with Gasteiger partial charge in [0, 0.05) is 12.5 Å². The number of hydrogen-bond donors (Lipinski definition) is 0. The fourth-order valence-electron chi connectivity index (χ4n) is 1.29. The molecule has 0 saturated heterocycles. The summed E-state index contributed by atoms with van der Waals surface area (Å²) in [4.78, 5) is 10.3.